The van der Waals surface area contributed by atoms with Gasteiger partial charge in [-0.15, -0.1) is 11.8 Å². The van der Waals surface area contributed by atoms with E-state index in [0.717, 1.165) is 11.5 Å². The van der Waals surface area contributed by atoms with E-state index >= 15 is 0 Å². The summed E-state index contributed by atoms with van der Waals surface area (Å²) in [5.41, 5.74) is 2.69. The van der Waals surface area contributed by atoms with Crippen LogP contribution < -0.4 is 0 Å². The molecule has 0 fully saturated rings. The lowest BCUT2D eigenvalue weighted by atomic mass is 10.0. The van der Waals surface area contributed by atoms with Crippen LogP contribution in [0.5, 0.6) is 0 Å². The molecule has 0 spiro atoms. The van der Waals surface area contributed by atoms with Crippen LogP contribution >= 0.6 is 11.8 Å². The van der Waals surface area contributed by atoms with Crippen molar-refractivity contribution in [1.29, 1.82) is 0 Å². The van der Waals surface area contributed by atoms with Gasteiger partial charge in [-0.1, -0.05) is 35.8 Å². The second-order valence-corrected chi connectivity index (χ2v) is 5.68. The Labute approximate surface area is 115 Å². The zero-order valence-corrected chi connectivity index (χ0v) is 11.7. The number of rotatable bonds is 2. The molecule has 2 aliphatic rings. The molecule has 2 rings (SSSR count). The lowest BCUT2D eigenvalue weighted by Crippen LogP contribution is -1.88. The average Bonchev–Trinajstić information content (AvgIpc) is 2.92. The number of hydrogen-bond acceptors (Lipinski definition) is 1. The first-order valence-corrected chi connectivity index (χ1v) is 8.04. The highest BCUT2D eigenvalue weighted by atomic mass is 32.2. The summed E-state index contributed by atoms with van der Waals surface area (Å²) in [6.07, 6.45) is 13.3. The Balaban J connectivity index is 1.61. The summed E-state index contributed by atoms with van der Waals surface area (Å²) in [7, 11) is 0. The van der Waals surface area contributed by atoms with Gasteiger partial charge >= 0.3 is 0 Å². The van der Waals surface area contributed by atoms with Gasteiger partial charge in [0.25, 0.3) is 0 Å². The molecule has 0 unspecified atom stereocenters. The molecule has 0 aromatic heterocycles. The maximum absolute atomic E-state index is 3.28. The second-order valence-electron chi connectivity index (χ2n) is 4.69. The normalized spacial score (nSPS) is 18.0. The van der Waals surface area contributed by atoms with Gasteiger partial charge < -0.3 is 0 Å². The summed E-state index contributed by atoms with van der Waals surface area (Å²) in [6.45, 7) is 0. The highest BCUT2D eigenvalue weighted by Gasteiger charge is 2.00. The van der Waals surface area contributed by atoms with Gasteiger partial charge in [0.15, 0.2) is 0 Å². The van der Waals surface area contributed by atoms with Crippen LogP contribution in [-0.4, -0.2) is 11.5 Å². The van der Waals surface area contributed by atoms with Gasteiger partial charge in [0.1, 0.15) is 0 Å². The molecule has 1 heteroatoms. The zero-order chi connectivity index (χ0) is 12.5. The third kappa shape index (κ3) is 5.07. The molecule has 0 aliphatic heterocycles. The molecule has 94 valence electrons. The molecule has 2 aliphatic carbocycles. The smallest absolute Gasteiger partial charge is 0.0560 e. The lowest BCUT2D eigenvalue weighted by molar-refractivity contribution is 0.715. The van der Waals surface area contributed by atoms with E-state index < -0.39 is 0 Å². The van der Waals surface area contributed by atoms with E-state index in [1.54, 1.807) is 0 Å². The number of hydrogen-bond donors (Lipinski definition) is 0. The largest absolute Gasteiger partial charge is 0.136 e. The Morgan fingerprint density at radius 2 is 1.44 bits per heavy atom. The van der Waals surface area contributed by atoms with E-state index in [-0.39, 0.29) is 0 Å². The maximum atomic E-state index is 3.28. The van der Waals surface area contributed by atoms with Crippen molar-refractivity contribution in [2.24, 2.45) is 0 Å². The van der Waals surface area contributed by atoms with Crippen molar-refractivity contribution in [3.8, 4) is 23.7 Å². The number of allylic oxidation sites excluding steroid dienone is 4. The first-order chi connectivity index (χ1) is 8.95. The summed E-state index contributed by atoms with van der Waals surface area (Å²) in [5.74, 6) is 14.8. The number of thioether (sulfide) groups is 1. The monoisotopic (exact) mass is 256 g/mol. The predicted molar refractivity (Wildman–Crippen MR) is 81.4 cm³/mol. The van der Waals surface area contributed by atoms with Crippen molar-refractivity contribution < 1.29 is 0 Å². The Hall–Kier alpha value is -1.05. The van der Waals surface area contributed by atoms with Crippen molar-refractivity contribution in [1.82, 2.24) is 0 Å². The lowest BCUT2D eigenvalue weighted by Gasteiger charge is -2.05. The molecule has 0 bridgehead atoms. The van der Waals surface area contributed by atoms with Crippen molar-refractivity contribution in [3.63, 3.8) is 0 Å². The molecule has 0 N–H and O–H groups in total. The SMILES string of the molecule is C(#CC1=CCCC1)CSCC#CC1=CCCCC1. The van der Waals surface area contributed by atoms with Crippen LogP contribution in [0.1, 0.15) is 44.9 Å². The Bertz CT molecular complexity index is 445. The molecule has 0 amide bonds. The molecular formula is C17H20S. The van der Waals surface area contributed by atoms with Crippen LogP contribution in [0.2, 0.25) is 0 Å². The van der Waals surface area contributed by atoms with Crippen molar-refractivity contribution in [2.75, 3.05) is 11.5 Å². The van der Waals surface area contributed by atoms with Crippen LogP contribution in [0.3, 0.4) is 0 Å². The topological polar surface area (TPSA) is 0 Å². The summed E-state index contributed by atoms with van der Waals surface area (Å²) in [4.78, 5) is 0. The van der Waals surface area contributed by atoms with E-state index in [1.807, 2.05) is 11.8 Å². The van der Waals surface area contributed by atoms with Gasteiger partial charge in [-0.05, 0) is 56.1 Å². The van der Waals surface area contributed by atoms with E-state index in [0.29, 0.717) is 0 Å². The van der Waals surface area contributed by atoms with Gasteiger partial charge in [-0.25, -0.2) is 0 Å². The van der Waals surface area contributed by atoms with Gasteiger partial charge in [0.2, 0.25) is 0 Å². The Morgan fingerprint density at radius 3 is 1.94 bits per heavy atom. The van der Waals surface area contributed by atoms with Gasteiger partial charge in [0.05, 0.1) is 11.5 Å². The van der Waals surface area contributed by atoms with Crippen molar-refractivity contribution >= 4 is 11.8 Å². The molecule has 0 radical (unpaired) electrons. The van der Waals surface area contributed by atoms with Gasteiger partial charge in [0, 0.05) is 0 Å². The van der Waals surface area contributed by atoms with Crippen molar-refractivity contribution in [3.05, 3.63) is 23.3 Å². The first-order valence-electron chi connectivity index (χ1n) is 6.89. The Morgan fingerprint density at radius 1 is 0.833 bits per heavy atom. The Kier molecular flexibility index (Phi) is 6.04. The minimum atomic E-state index is 0.908. The molecule has 0 atom stereocenters. The molecule has 0 saturated carbocycles. The van der Waals surface area contributed by atoms with E-state index in [1.165, 1.54) is 56.1 Å². The van der Waals surface area contributed by atoms with Gasteiger partial charge in [-0.2, -0.15) is 0 Å². The molecular weight excluding hydrogens is 236 g/mol. The highest BCUT2D eigenvalue weighted by molar-refractivity contribution is 7.99. The molecule has 0 aromatic carbocycles. The average molecular weight is 256 g/mol. The zero-order valence-electron chi connectivity index (χ0n) is 10.9. The third-order valence-electron chi connectivity index (χ3n) is 3.18. The molecule has 0 saturated heterocycles. The molecule has 0 heterocycles. The minimum Gasteiger partial charge on any atom is -0.136 e. The fourth-order valence-corrected chi connectivity index (χ4v) is 2.64. The van der Waals surface area contributed by atoms with Crippen LogP contribution in [0.15, 0.2) is 23.3 Å². The molecule has 0 nitrogen and oxygen atoms in total. The first kappa shape index (κ1) is 13.4. The highest BCUT2D eigenvalue weighted by Crippen LogP contribution is 2.17. The van der Waals surface area contributed by atoms with Crippen LogP contribution in [0.4, 0.5) is 0 Å². The van der Waals surface area contributed by atoms with E-state index in [4.69, 9.17) is 0 Å². The van der Waals surface area contributed by atoms with Crippen LogP contribution in [-0.2, 0) is 0 Å². The molecule has 0 aromatic rings. The summed E-state index contributed by atoms with van der Waals surface area (Å²) < 4.78 is 0. The standard InChI is InChI=1S/C17H20S/c1-2-8-16(9-3-1)12-6-14-18-15-7-13-17-10-4-5-11-17/h8,10H,1-5,9,11,14-15H2. The third-order valence-corrected chi connectivity index (χ3v) is 3.88. The summed E-state index contributed by atoms with van der Waals surface area (Å²) in [5, 5.41) is 0. The fraction of sp³-hybridized carbons (Fsp3) is 0.529. The second kappa shape index (κ2) is 8.12. The van der Waals surface area contributed by atoms with Gasteiger partial charge in [-0.3, -0.25) is 0 Å². The van der Waals surface area contributed by atoms with E-state index in [2.05, 4.69) is 35.8 Å². The van der Waals surface area contributed by atoms with Crippen LogP contribution in [0.25, 0.3) is 0 Å². The summed E-state index contributed by atoms with van der Waals surface area (Å²) in [6, 6.07) is 0. The van der Waals surface area contributed by atoms with E-state index in [9.17, 15) is 0 Å². The predicted octanol–water partition coefficient (Wildman–Crippen LogP) is 4.34. The molecule has 18 heavy (non-hydrogen) atoms. The fourth-order valence-electron chi connectivity index (χ4n) is 2.19. The maximum Gasteiger partial charge on any atom is 0.0560 e. The summed E-state index contributed by atoms with van der Waals surface area (Å²) >= 11 is 1.82. The van der Waals surface area contributed by atoms with Crippen molar-refractivity contribution in [2.45, 2.75) is 44.9 Å². The quantitative estimate of drug-likeness (QED) is 0.523. The van der Waals surface area contributed by atoms with Crippen LogP contribution in [0, 0.1) is 23.7 Å². The minimum absolute atomic E-state index is 0.908.